The van der Waals surface area contributed by atoms with Gasteiger partial charge in [-0.25, -0.2) is 0 Å². The molecule has 0 aliphatic carbocycles. The summed E-state index contributed by atoms with van der Waals surface area (Å²) in [6.07, 6.45) is 5.34. The third-order valence-electron chi connectivity index (χ3n) is 10.3. The van der Waals surface area contributed by atoms with E-state index in [0.717, 1.165) is 28.9 Å². The molecule has 17 heteroatoms. The molecule has 17 nitrogen and oxygen atoms in total. The molecule has 3 N–H and O–H groups in total. The summed E-state index contributed by atoms with van der Waals surface area (Å²) in [5.74, 6) is -1.30. The monoisotopic (exact) mass is 835 g/mol. The van der Waals surface area contributed by atoms with Crippen molar-refractivity contribution < 1.29 is 47.8 Å². The standard InChI is InChI=1S/C44H49N7O10/c1-4-60-38-24-33(29(23-37(38)59-3)20-21-45-27(2)52)36(53)18-14-28-12-15-31(16-13-28)61-26-30-25-50(49-48-30)22-7-5-6-11-39(54)46-34-10-8-9-32-41(34)44(58)51(43(32)57)35-17-19-40(55)47-42(35)56/h8-10,12-13,15-16,23-25,35H,4-7,11,14,17-22,26H2,1-3H3,(H,45,52)(H,46,54)(H,47,55,56). The number of hydrogen-bond acceptors (Lipinski definition) is 12. The lowest BCUT2D eigenvalue weighted by atomic mass is 9.96. The van der Waals surface area contributed by atoms with Crippen LogP contribution in [0.4, 0.5) is 5.69 Å². The molecule has 1 unspecified atom stereocenters. The minimum Gasteiger partial charge on any atom is -0.493 e. The zero-order valence-corrected chi connectivity index (χ0v) is 34.4. The van der Waals surface area contributed by atoms with Gasteiger partial charge in [-0.15, -0.1) is 5.10 Å². The van der Waals surface area contributed by atoms with Gasteiger partial charge in [-0.1, -0.05) is 29.8 Å². The van der Waals surface area contributed by atoms with Crippen molar-refractivity contribution in [3.8, 4) is 17.2 Å². The Morgan fingerprint density at radius 1 is 0.918 bits per heavy atom. The SMILES string of the molecule is CCOc1cc(C(=O)CCc2ccc(OCc3cn(CCCCCC(=O)Nc4cccc5c4C(=O)N(C4CCC(=O)NC4=O)C5=O)nn3)cc2)c(CCNC(C)=O)cc1OC. The molecule has 0 saturated carbocycles. The maximum atomic E-state index is 13.4. The summed E-state index contributed by atoms with van der Waals surface area (Å²) >= 11 is 0. The highest BCUT2D eigenvalue weighted by molar-refractivity contribution is 6.26. The van der Waals surface area contributed by atoms with Crippen molar-refractivity contribution in [1.82, 2.24) is 30.5 Å². The lowest BCUT2D eigenvalue weighted by Crippen LogP contribution is -2.54. The van der Waals surface area contributed by atoms with Crippen LogP contribution in [0.3, 0.4) is 0 Å². The van der Waals surface area contributed by atoms with Crippen molar-refractivity contribution in [1.29, 1.82) is 0 Å². The van der Waals surface area contributed by atoms with Gasteiger partial charge < -0.3 is 24.8 Å². The number of unbranched alkanes of at least 4 members (excludes halogenated alkanes) is 2. The summed E-state index contributed by atoms with van der Waals surface area (Å²) in [6, 6.07) is 14.5. The third kappa shape index (κ3) is 11.0. The van der Waals surface area contributed by atoms with E-state index in [1.807, 2.05) is 31.2 Å². The molecule has 3 aromatic carbocycles. The van der Waals surface area contributed by atoms with Crippen molar-refractivity contribution in [2.75, 3.05) is 25.6 Å². The molecular formula is C44H49N7O10. The van der Waals surface area contributed by atoms with Crippen LogP contribution in [-0.2, 0) is 45.2 Å². The van der Waals surface area contributed by atoms with E-state index in [9.17, 15) is 33.6 Å². The molecule has 0 spiro atoms. The number of hydrogen-bond donors (Lipinski definition) is 3. The van der Waals surface area contributed by atoms with Crippen LogP contribution >= 0.6 is 0 Å². The maximum Gasteiger partial charge on any atom is 0.264 e. The van der Waals surface area contributed by atoms with E-state index in [4.69, 9.17) is 14.2 Å². The van der Waals surface area contributed by atoms with Crippen LogP contribution in [0.5, 0.6) is 17.2 Å². The van der Waals surface area contributed by atoms with Crippen LogP contribution < -0.4 is 30.2 Å². The zero-order valence-electron chi connectivity index (χ0n) is 34.4. The summed E-state index contributed by atoms with van der Waals surface area (Å²) in [4.78, 5) is 88.9. The number of nitrogens with zero attached hydrogens (tertiary/aromatic N) is 4. The minimum absolute atomic E-state index is 0.0147. The normalized spacial score (nSPS) is 14.7. The van der Waals surface area contributed by atoms with Crippen molar-refractivity contribution >= 4 is 46.9 Å². The fourth-order valence-corrected chi connectivity index (χ4v) is 7.25. The number of ether oxygens (including phenoxy) is 3. The molecule has 1 atom stereocenters. The Morgan fingerprint density at radius 2 is 1.72 bits per heavy atom. The highest BCUT2D eigenvalue weighted by Crippen LogP contribution is 2.34. The number of imide groups is 2. The minimum atomic E-state index is -1.09. The number of benzene rings is 3. The number of aryl methyl sites for hydroxylation is 2. The Bertz CT molecular complexity index is 2310. The van der Waals surface area contributed by atoms with Crippen LogP contribution in [0.25, 0.3) is 0 Å². The number of aromatic nitrogens is 3. The maximum absolute atomic E-state index is 13.4. The molecule has 1 fully saturated rings. The number of rotatable bonds is 21. The molecule has 2 aliphatic heterocycles. The number of fused-ring (bicyclic) bond motifs is 1. The van der Waals surface area contributed by atoms with Gasteiger partial charge in [0, 0.05) is 44.8 Å². The Hall–Kier alpha value is -6.91. The van der Waals surface area contributed by atoms with E-state index in [0.29, 0.717) is 67.5 Å². The van der Waals surface area contributed by atoms with Crippen molar-refractivity contribution in [2.45, 2.75) is 90.8 Å². The van der Waals surface area contributed by atoms with E-state index in [1.54, 1.807) is 42.3 Å². The predicted octanol–water partition coefficient (Wildman–Crippen LogP) is 4.36. The number of ketones is 1. The Balaban J connectivity index is 0.912. The summed E-state index contributed by atoms with van der Waals surface area (Å²) in [6.45, 7) is 4.92. The molecule has 3 heterocycles. The Labute approximate surface area is 352 Å². The van der Waals surface area contributed by atoms with Crippen LogP contribution in [0, 0.1) is 0 Å². The number of carbonyl (C=O) groups excluding carboxylic acids is 7. The number of amides is 6. The fraction of sp³-hybridized carbons (Fsp3) is 0.386. The Kier molecular flexibility index (Phi) is 14.6. The van der Waals surface area contributed by atoms with E-state index < -0.39 is 29.7 Å². The average Bonchev–Trinajstić information content (AvgIpc) is 3.80. The quantitative estimate of drug-likeness (QED) is 0.0607. The molecule has 61 heavy (non-hydrogen) atoms. The molecule has 0 radical (unpaired) electrons. The first kappa shape index (κ1) is 43.7. The number of anilines is 1. The summed E-state index contributed by atoms with van der Waals surface area (Å²) in [7, 11) is 1.55. The first-order valence-corrected chi connectivity index (χ1v) is 20.3. The highest BCUT2D eigenvalue weighted by Gasteiger charge is 2.45. The van der Waals surface area contributed by atoms with Crippen molar-refractivity contribution in [3.05, 3.63) is 94.3 Å². The first-order chi connectivity index (χ1) is 29.4. The highest BCUT2D eigenvalue weighted by atomic mass is 16.5. The van der Waals surface area contributed by atoms with Gasteiger partial charge in [0.05, 0.1) is 36.7 Å². The van der Waals surface area contributed by atoms with Gasteiger partial charge in [-0.2, -0.15) is 0 Å². The first-order valence-electron chi connectivity index (χ1n) is 20.3. The molecule has 4 aromatic rings. The van der Waals surface area contributed by atoms with Crippen LogP contribution in [0.1, 0.15) is 107 Å². The molecule has 1 saturated heterocycles. The van der Waals surface area contributed by atoms with E-state index in [-0.39, 0.29) is 66.7 Å². The third-order valence-corrected chi connectivity index (χ3v) is 10.3. The largest absolute Gasteiger partial charge is 0.493 e. The van der Waals surface area contributed by atoms with Gasteiger partial charge in [-0.3, -0.25) is 48.5 Å². The smallest absolute Gasteiger partial charge is 0.264 e. The molecular weight excluding hydrogens is 787 g/mol. The second-order valence-electron chi connectivity index (χ2n) is 14.7. The van der Waals surface area contributed by atoms with Gasteiger partial charge in [0.15, 0.2) is 17.3 Å². The van der Waals surface area contributed by atoms with Crippen LogP contribution in [-0.4, -0.2) is 87.4 Å². The molecule has 1 aromatic heterocycles. The zero-order chi connectivity index (χ0) is 43.5. The summed E-state index contributed by atoms with van der Waals surface area (Å²) in [5.41, 5.74) is 3.26. The van der Waals surface area contributed by atoms with Gasteiger partial charge >= 0.3 is 0 Å². The van der Waals surface area contributed by atoms with Crippen LogP contribution in [0.15, 0.2) is 60.8 Å². The fourth-order valence-electron chi connectivity index (χ4n) is 7.25. The lowest BCUT2D eigenvalue weighted by molar-refractivity contribution is -0.136. The van der Waals surface area contributed by atoms with E-state index in [2.05, 4.69) is 26.3 Å². The number of Topliss-reactive ketones (excluding diaryl/α,β-unsaturated/α-hetero) is 1. The average molecular weight is 836 g/mol. The Morgan fingerprint density at radius 3 is 2.46 bits per heavy atom. The van der Waals surface area contributed by atoms with Gasteiger partial charge in [-0.05, 0) is 86.6 Å². The number of carbonyl (C=O) groups is 7. The lowest BCUT2D eigenvalue weighted by Gasteiger charge is -2.27. The molecule has 0 bridgehead atoms. The van der Waals surface area contributed by atoms with E-state index in [1.165, 1.54) is 13.0 Å². The molecule has 2 aliphatic rings. The second kappa shape index (κ2) is 20.4. The predicted molar refractivity (Wildman–Crippen MR) is 220 cm³/mol. The van der Waals surface area contributed by atoms with Gasteiger partial charge in [0.25, 0.3) is 11.8 Å². The summed E-state index contributed by atoms with van der Waals surface area (Å²) in [5, 5.41) is 16.1. The van der Waals surface area contributed by atoms with E-state index >= 15 is 0 Å². The number of methoxy groups -OCH3 is 1. The number of piperidine rings is 1. The second-order valence-corrected chi connectivity index (χ2v) is 14.7. The van der Waals surface area contributed by atoms with Crippen molar-refractivity contribution in [2.24, 2.45) is 0 Å². The number of nitrogens with one attached hydrogen (secondary N) is 3. The molecule has 6 amide bonds. The van der Waals surface area contributed by atoms with Crippen LogP contribution in [0.2, 0.25) is 0 Å². The van der Waals surface area contributed by atoms with Gasteiger partial charge in [0.1, 0.15) is 24.1 Å². The molecule has 6 rings (SSSR count). The van der Waals surface area contributed by atoms with Crippen molar-refractivity contribution in [3.63, 3.8) is 0 Å². The topological polar surface area (TPSA) is 217 Å². The summed E-state index contributed by atoms with van der Waals surface area (Å²) < 4.78 is 18.9. The molecule has 320 valence electrons. The van der Waals surface area contributed by atoms with Gasteiger partial charge in [0.2, 0.25) is 23.6 Å².